The van der Waals surface area contributed by atoms with Gasteiger partial charge < -0.3 is 14.8 Å². The van der Waals surface area contributed by atoms with Gasteiger partial charge in [-0.25, -0.2) is 13.4 Å². The average Bonchev–Trinajstić information content (AvgIpc) is 3.20. The van der Waals surface area contributed by atoms with Gasteiger partial charge in [0.15, 0.2) is 5.13 Å². The maximum absolute atomic E-state index is 13.0. The van der Waals surface area contributed by atoms with Crippen LogP contribution in [0.5, 0.6) is 11.5 Å². The van der Waals surface area contributed by atoms with E-state index in [1.54, 1.807) is 23.7 Å². The van der Waals surface area contributed by atoms with Crippen LogP contribution in [0.4, 0.5) is 5.13 Å². The maximum atomic E-state index is 13.0. The van der Waals surface area contributed by atoms with E-state index in [9.17, 15) is 13.2 Å². The Morgan fingerprint density at radius 1 is 1.26 bits per heavy atom. The SMILES string of the molecule is COc1ccc(OC)c(S(=O)(=O)N2CCC(C(=O)Nc3nccs3)CC2)c1. The number of piperidine rings is 1. The van der Waals surface area contributed by atoms with Crippen molar-refractivity contribution in [3.05, 3.63) is 29.8 Å². The highest BCUT2D eigenvalue weighted by Crippen LogP contribution is 2.32. The Labute approximate surface area is 162 Å². The van der Waals surface area contributed by atoms with Crippen molar-refractivity contribution in [2.75, 3.05) is 32.6 Å². The van der Waals surface area contributed by atoms with Crippen molar-refractivity contribution in [1.82, 2.24) is 9.29 Å². The molecule has 0 bridgehead atoms. The second kappa shape index (κ2) is 8.24. The van der Waals surface area contributed by atoms with Crippen LogP contribution in [0.2, 0.25) is 0 Å². The van der Waals surface area contributed by atoms with E-state index in [2.05, 4.69) is 10.3 Å². The van der Waals surface area contributed by atoms with E-state index in [1.807, 2.05) is 0 Å². The molecule has 8 nitrogen and oxygen atoms in total. The van der Waals surface area contributed by atoms with E-state index >= 15 is 0 Å². The molecule has 0 radical (unpaired) electrons. The van der Waals surface area contributed by atoms with E-state index in [-0.39, 0.29) is 35.6 Å². The minimum Gasteiger partial charge on any atom is -0.497 e. The summed E-state index contributed by atoms with van der Waals surface area (Å²) in [6.07, 6.45) is 2.52. The molecule has 1 aliphatic rings. The van der Waals surface area contributed by atoms with Gasteiger partial charge in [0.05, 0.1) is 14.2 Å². The Bertz CT molecular complexity index is 891. The zero-order valence-corrected chi connectivity index (χ0v) is 16.7. The Kier molecular flexibility index (Phi) is 5.98. The monoisotopic (exact) mass is 411 g/mol. The van der Waals surface area contributed by atoms with Gasteiger partial charge in [-0.2, -0.15) is 4.31 Å². The summed E-state index contributed by atoms with van der Waals surface area (Å²) in [5.41, 5.74) is 0. The molecule has 1 N–H and O–H groups in total. The molecular formula is C17H21N3O5S2. The number of amides is 1. The first-order valence-corrected chi connectivity index (χ1v) is 10.7. The molecule has 1 fully saturated rings. The van der Waals surface area contributed by atoms with Crippen molar-refractivity contribution in [2.24, 2.45) is 5.92 Å². The standard InChI is InChI=1S/C17H21N3O5S2/c1-24-13-3-4-14(25-2)15(11-13)27(22,23)20-8-5-12(6-9-20)16(21)19-17-18-7-10-26-17/h3-4,7,10-12H,5-6,8-9H2,1-2H3,(H,18,19,21). The Balaban J connectivity index is 1.70. The topological polar surface area (TPSA) is 97.8 Å². The molecular weight excluding hydrogens is 390 g/mol. The molecule has 0 spiro atoms. The van der Waals surface area contributed by atoms with Crippen molar-refractivity contribution in [3.63, 3.8) is 0 Å². The molecule has 27 heavy (non-hydrogen) atoms. The first kappa shape index (κ1) is 19.6. The van der Waals surface area contributed by atoms with E-state index in [0.717, 1.165) is 0 Å². The van der Waals surface area contributed by atoms with Crippen LogP contribution in [0, 0.1) is 5.92 Å². The summed E-state index contributed by atoms with van der Waals surface area (Å²) in [6.45, 7) is 0.525. The summed E-state index contributed by atoms with van der Waals surface area (Å²) in [5, 5.41) is 5.11. The van der Waals surface area contributed by atoms with Gasteiger partial charge in [0.2, 0.25) is 15.9 Å². The van der Waals surface area contributed by atoms with Crippen molar-refractivity contribution < 1.29 is 22.7 Å². The molecule has 1 aromatic heterocycles. The molecule has 2 aromatic rings. The Morgan fingerprint density at radius 2 is 2.00 bits per heavy atom. The fraction of sp³-hybridized carbons (Fsp3) is 0.412. The van der Waals surface area contributed by atoms with Crippen LogP contribution in [0.15, 0.2) is 34.7 Å². The lowest BCUT2D eigenvalue weighted by molar-refractivity contribution is -0.120. The number of nitrogens with one attached hydrogen (secondary N) is 1. The minimum atomic E-state index is -3.75. The van der Waals surface area contributed by atoms with Gasteiger partial charge >= 0.3 is 0 Å². The van der Waals surface area contributed by atoms with Gasteiger partial charge in [0.1, 0.15) is 16.4 Å². The lowest BCUT2D eigenvalue weighted by Crippen LogP contribution is -2.41. The molecule has 1 amide bonds. The van der Waals surface area contributed by atoms with Crippen LogP contribution < -0.4 is 14.8 Å². The fourth-order valence-corrected chi connectivity index (χ4v) is 5.15. The van der Waals surface area contributed by atoms with Gasteiger partial charge in [0, 0.05) is 36.7 Å². The van der Waals surface area contributed by atoms with E-state index in [4.69, 9.17) is 9.47 Å². The molecule has 3 rings (SSSR count). The fourth-order valence-electron chi connectivity index (χ4n) is 2.98. The number of ether oxygens (including phenoxy) is 2. The lowest BCUT2D eigenvalue weighted by Gasteiger charge is -2.30. The number of aromatic nitrogens is 1. The lowest BCUT2D eigenvalue weighted by atomic mass is 9.97. The third-order valence-corrected chi connectivity index (χ3v) is 7.08. The Morgan fingerprint density at radius 3 is 2.59 bits per heavy atom. The number of anilines is 1. The summed E-state index contributed by atoms with van der Waals surface area (Å²) < 4.78 is 37.8. The number of nitrogens with zero attached hydrogens (tertiary/aromatic N) is 2. The van der Waals surface area contributed by atoms with Gasteiger partial charge in [-0.3, -0.25) is 4.79 Å². The number of carbonyl (C=O) groups excluding carboxylic acids is 1. The maximum Gasteiger partial charge on any atom is 0.246 e. The molecule has 1 aromatic carbocycles. The Hall–Kier alpha value is -2.17. The van der Waals surface area contributed by atoms with Gasteiger partial charge in [-0.1, -0.05) is 0 Å². The predicted molar refractivity (Wildman–Crippen MR) is 102 cm³/mol. The molecule has 10 heteroatoms. The van der Waals surface area contributed by atoms with Crippen LogP contribution in [0.25, 0.3) is 0 Å². The van der Waals surface area contributed by atoms with Gasteiger partial charge in [-0.05, 0) is 25.0 Å². The van der Waals surface area contributed by atoms with Crippen LogP contribution in [-0.2, 0) is 14.8 Å². The number of methoxy groups -OCH3 is 2. The van der Waals surface area contributed by atoms with Crippen LogP contribution in [-0.4, -0.2) is 50.9 Å². The second-order valence-corrected chi connectivity index (χ2v) is 8.82. The largest absolute Gasteiger partial charge is 0.497 e. The average molecular weight is 412 g/mol. The van der Waals surface area contributed by atoms with Crippen molar-refractivity contribution >= 4 is 32.4 Å². The molecule has 0 saturated carbocycles. The van der Waals surface area contributed by atoms with E-state index < -0.39 is 10.0 Å². The summed E-state index contributed by atoms with van der Waals surface area (Å²) >= 11 is 1.35. The number of benzene rings is 1. The predicted octanol–water partition coefficient (Wildman–Crippen LogP) is 2.20. The highest BCUT2D eigenvalue weighted by atomic mass is 32.2. The summed E-state index contributed by atoms with van der Waals surface area (Å²) in [6, 6.07) is 4.67. The number of hydrogen-bond acceptors (Lipinski definition) is 7. The minimum absolute atomic E-state index is 0.0648. The summed E-state index contributed by atoms with van der Waals surface area (Å²) in [4.78, 5) is 16.4. The van der Waals surface area contributed by atoms with Gasteiger partial charge in [0.25, 0.3) is 0 Å². The third kappa shape index (κ3) is 4.23. The zero-order chi connectivity index (χ0) is 19.4. The van der Waals surface area contributed by atoms with E-state index in [0.29, 0.717) is 23.7 Å². The molecule has 2 heterocycles. The first-order valence-electron chi connectivity index (χ1n) is 8.38. The summed E-state index contributed by atoms with van der Waals surface area (Å²) in [5.74, 6) is 0.333. The summed E-state index contributed by atoms with van der Waals surface area (Å²) in [7, 11) is -0.847. The molecule has 1 saturated heterocycles. The van der Waals surface area contributed by atoms with Crippen LogP contribution in [0.3, 0.4) is 0 Å². The highest BCUT2D eigenvalue weighted by molar-refractivity contribution is 7.89. The van der Waals surface area contributed by atoms with Crippen LogP contribution >= 0.6 is 11.3 Å². The van der Waals surface area contributed by atoms with Crippen molar-refractivity contribution in [3.8, 4) is 11.5 Å². The first-order chi connectivity index (χ1) is 13.0. The molecule has 0 unspecified atom stereocenters. The number of sulfonamides is 1. The number of rotatable bonds is 6. The normalized spacial score (nSPS) is 16.1. The molecule has 0 aliphatic carbocycles. The molecule has 1 aliphatic heterocycles. The highest BCUT2D eigenvalue weighted by Gasteiger charge is 2.34. The molecule has 146 valence electrons. The second-order valence-electron chi connectivity index (χ2n) is 6.02. The van der Waals surface area contributed by atoms with E-state index in [1.165, 1.54) is 35.9 Å². The third-order valence-electron chi connectivity index (χ3n) is 4.48. The number of thiazole rings is 1. The van der Waals surface area contributed by atoms with Crippen molar-refractivity contribution in [2.45, 2.75) is 17.7 Å². The molecule has 0 atom stereocenters. The smallest absolute Gasteiger partial charge is 0.246 e. The number of carbonyl (C=O) groups is 1. The zero-order valence-electron chi connectivity index (χ0n) is 15.0. The van der Waals surface area contributed by atoms with Crippen molar-refractivity contribution in [1.29, 1.82) is 0 Å². The van der Waals surface area contributed by atoms with Gasteiger partial charge in [-0.15, -0.1) is 11.3 Å². The quantitative estimate of drug-likeness (QED) is 0.783. The van der Waals surface area contributed by atoms with Crippen LogP contribution in [0.1, 0.15) is 12.8 Å². The number of hydrogen-bond donors (Lipinski definition) is 1.